The second-order valence-electron chi connectivity index (χ2n) is 3.92. The summed E-state index contributed by atoms with van der Waals surface area (Å²) in [5.74, 6) is 0. The Hall–Kier alpha value is -1.67. The van der Waals surface area contributed by atoms with Gasteiger partial charge in [-0.3, -0.25) is 4.98 Å². The lowest BCUT2D eigenvalue weighted by Gasteiger charge is -2.03. The molecular weight excluding hydrogens is 274 g/mol. The Morgan fingerprint density at radius 3 is 2.47 bits per heavy atom. The lowest BCUT2D eigenvalue weighted by atomic mass is 10.0. The molecule has 0 saturated heterocycles. The van der Waals surface area contributed by atoms with Gasteiger partial charge in [-0.25, -0.2) is 0 Å². The first-order valence-corrected chi connectivity index (χ1v) is 6.23. The maximum atomic E-state index is 4.39. The van der Waals surface area contributed by atoms with Crippen LogP contribution < -0.4 is 0 Å². The lowest BCUT2D eigenvalue weighted by Crippen LogP contribution is -1.83. The van der Waals surface area contributed by atoms with Crippen LogP contribution in [-0.4, -0.2) is 4.98 Å². The summed E-state index contributed by atoms with van der Waals surface area (Å²) in [5.41, 5.74) is 2.13. The molecule has 1 aromatic heterocycles. The van der Waals surface area contributed by atoms with Crippen LogP contribution in [0.15, 0.2) is 65.3 Å². The van der Waals surface area contributed by atoms with Gasteiger partial charge in [0.15, 0.2) is 0 Å². The van der Waals surface area contributed by atoms with Crippen LogP contribution in [0.3, 0.4) is 0 Å². The minimum atomic E-state index is 0.991. The number of halogens is 1. The van der Waals surface area contributed by atoms with E-state index >= 15 is 0 Å². The maximum Gasteiger partial charge on any atom is 0.0713 e. The van der Waals surface area contributed by atoms with Crippen molar-refractivity contribution >= 4 is 26.7 Å². The van der Waals surface area contributed by atoms with Crippen molar-refractivity contribution in [3.63, 3.8) is 0 Å². The van der Waals surface area contributed by atoms with Gasteiger partial charge in [0, 0.05) is 16.2 Å². The van der Waals surface area contributed by atoms with E-state index in [-0.39, 0.29) is 0 Å². The van der Waals surface area contributed by atoms with E-state index in [1.165, 1.54) is 10.8 Å². The molecule has 0 fully saturated rings. The van der Waals surface area contributed by atoms with Gasteiger partial charge in [0.25, 0.3) is 0 Å². The van der Waals surface area contributed by atoms with Gasteiger partial charge in [-0.2, -0.15) is 0 Å². The molecule has 17 heavy (non-hydrogen) atoms. The fourth-order valence-electron chi connectivity index (χ4n) is 1.91. The average Bonchev–Trinajstić information content (AvgIpc) is 2.38. The van der Waals surface area contributed by atoms with Crippen LogP contribution in [0.25, 0.3) is 22.0 Å². The van der Waals surface area contributed by atoms with Crippen molar-refractivity contribution in [3.8, 4) is 11.3 Å². The Labute approximate surface area is 108 Å². The van der Waals surface area contributed by atoms with E-state index in [2.05, 4.69) is 63.4 Å². The van der Waals surface area contributed by atoms with Crippen LogP contribution in [0.1, 0.15) is 0 Å². The summed E-state index contributed by atoms with van der Waals surface area (Å²) in [6.07, 6.45) is 1.81. The Bertz CT molecular complexity index is 676. The molecule has 82 valence electrons. The SMILES string of the molecule is Brc1ccnc(-c2ccc3ccccc3c2)c1. The molecule has 1 heterocycles. The Morgan fingerprint density at radius 2 is 1.65 bits per heavy atom. The third-order valence-corrected chi connectivity index (χ3v) is 3.26. The summed E-state index contributed by atoms with van der Waals surface area (Å²) in [4.78, 5) is 4.39. The largest absolute Gasteiger partial charge is 0.256 e. The molecule has 0 saturated carbocycles. The predicted octanol–water partition coefficient (Wildman–Crippen LogP) is 4.66. The molecule has 0 aliphatic carbocycles. The minimum absolute atomic E-state index is 0.991. The molecule has 0 aliphatic rings. The summed E-state index contributed by atoms with van der Waals surface area (Å²) in [6, 6.07) is 18.7. The number of aromatic nitrogens is 1. The second kappa shape index (κ2) is 4.30. The van der Waals surface area contributed by atoms with Crippen LogP contribution in [-0.2, 0) is 0 Å². The summed E-state index contributed by atoms with van der Waals surface area (Å²) >= 11 is 3.47. The summed E-state index contributed by atoms with van der Waals surface area (Å²) < 4.78 is 1.05. The molecule has 2 aromatic carbocycles. The van der Waals surface area contributed by atoms with E-state index in [0.717, 1.165) is 15.7 Å². The Balaban J connectivity index is 2.18. The fourth-order valence-corrected chi connectivity index (χ4v) is 2.25. The number of fused-ring (bicyclic) bond motifs is 1. The van der Waals surface area contributed by atoms with Gasteiger partial charge in [-0.1, -0.05) is 52.3 Å². The molecule has 1 nitrogen and oxygen atoms in total. The quantitative estimate of drug-likeness (QED) is 0.633. The number of pyridine rings is 1. The maximum absolute atomic E-state index is 4.39. The standard InChI is InChI=1S/C15H10BrN/c16-14-7-8-17-15(10-14)13-6-5-11-3-1-2-4-12(11)9-13/h1-10H. The highest BCUT2D eigenvalue weighted by molar-refractivity contribution is 9.10. The van der Waals surface area contributed by atoms with Crippen LogP contribution >= 0.6 is 15.9 Å². The van der Waals surface area contributed by atoms with E-state index in [1.54, 1.807) is 0 Å². The van der Waals surface area contributed by atoms with Gasteiger partial charge >= 0.3 is 0 Å². The van der Waals surface area contributed by atoms with Gasteiger partial charge in [0.1, 0.15) is 0 Å². The molecule has 2 heteroatoms. The lowest BCUT2D eigenvalue weighted by molar-refractivity contribution is 1.32. The van der Waals surface area contributed by atoms with Crippen molar-refractivity contribution < 1.29 is 0 Å². The monoisotopic (exact) mass is 283 g/mol. The van der Waals surface area contributed by atoms with E-state index in [9.17, 15) is 0 Å². The smallest absolute Gasteiger partial charge is 0.0713 e. The minimum Gasteiger partial charge on any atom is -0.256 e. The topological polar surface area (TPSA) is 12.9 Å². The van der Waals surface area contributed by atoms with Crippen LogP contribution in [0.2, 0.25) is 0 Å². The molecule has 0 unspecified atom stereocenters. The molecule has 0 amide bonds. The highest BCUT2D eigenvalue weighted by atomic mass is 79.9. The van der Waals surface area contributed by atoms with Crippen LogP contribution in [0, 0.1) is 0 Å². The number of nitrogens with zero attached hydrogens (tertiary/aromatic N) is 1. The third-order valence-electron chi connectivity index (χ3n) is 2.77. The first-order chi connectivity index (χ1) is 8.33. The van der Waals surface area contributed by atoms with Gasteiger partial charge in [0.2, 0.25) is 0 Å². The van der Waals surface area contributed by atoms with Crippen molar-refractivity contribution in [2.24, 2.45) is 0 Å². The third kappa shape index (κ3) is 2.08. The van der Waals surface area contributed by atoms with Gasteiger partial charge in [0.05, 0.1) is 5.69 Å². The number of rotatable bonds is 1. The zero-order valence-electron chi connectivity index (χ0n) is 9.10. The van der Waals surface area contributed by atoms with Crippen LogP contribution in [0.4, 0.5) is 0 Å². The van der Waals surface area contributed by atoms with Gasteiger partial charge in [-0.05, 0) is 29.0 Å². The number of hydrogen-bond donors (Lipinski definition) is 0. The van der Waals surface area contributed by atoms with Crippen molar-refractivity contribution in [1.82, 2.24) is 4.98 Å². The molecule has 0 bridgehead atoms. The second-order valence-corrected chi connectivity index (χ2v) is 4.84. The molecule has 0 atom stereocenters. The van der Waals surface area contributed by atoms with Gasteiger partial charge in [-0.15, -0.1) is 0 Å². The van der Waals surface area contributed by atoms with E-state index < -0.39 is 0 Å². The molecule has 0 radical (unpaired) electrons. The normalized spacial score (nSPS) is 10.6. The van der Waals surface area contributed by atoms with Crippen molar-refractivity contribution in [2.75, 3.05) is 0 Å². The first kappa shape index (κ1) is 10.5. The van der Waals surface area contributed by atoms with Crippen molar-refractivity contribution in [1.29, 1.82) is 0 Å². The number of benzene rings is 2. The molecule has 3 rings (SSSR count). The van der Waals surface area contributed by atoms with Crippen molar-refractivity contribution in [2.45, 2.75) is 0 Å². The summed E-state index contributed by atoms with van der Waals surface area (Å²) in [5, 5.41) is 2.50. The highest BCUT2D eigenvalue weighted by Crippen LogP contribution is 2.24. The highest BCUT2D eigenvalue weighted by Gasteiger charge is 2.01. The predicted molar refractivity (Wildman–Crippen MR) is 74.9 cm³/mol. The summed E-state index contributed by atoms with van der Waals surface area (Å²) in [6.45, 7) is 0. The van der Waals surface area contributed by atoms with Crippen molar-refractivity contribution in [3.05, 3.63) is 65.3 Å². The Morgan fingerprint density at radius 1 is 0.824 bits per heavy atom. The molecule has 3 aromatic rings. The van der Waals surface area contributed by atoms with E-state index in [4.69, 9.17) is 0 Å². The fraction of sp³-hybridized carbons (Fsp3) is 0. The van der Waals surface area contributed by atoms with Gasteiger partial charge < -0.3 is 0 Å². The molecule has 0 N–H and O–H groups in total. The average molecular weight is 284 g/mol. The Kier molecular flexibility index (Phi) is 2.65. The number of hydrogen-bond acceptors (Lipinski definition) is 1. The molecule has 0 spiro atoms. The molecular formula is C15H10BrN. The molecule has 0 aliphatic heterocycles. The zero-order chi connectivity index (χ0) is 11.7. The van der Waals surface area contributed by atoms with E-state index in [1.807, 2.05) is 18.3 Å². The van der Waals surface area contributed by atoms with Crippen LogP contribution in [0.5, 0.6) is 0 Å². The summed E-state index contributed by atoms with van der Waals surface area (Å²) in [7, 11) is 0. The van der Waals surface area contributed by atoms with E-state index in [0.29, 0.717) is 0 Å². The first-order valence-electron chi connectivity index (χ1n) is 5.44. The zero-order valence-corrected chi connectivity index (χ0v) is 10.7.